The van der Waals surface area contributed by atoms with Crippen LogP contribution in [0.4, 0.5) is 0 Å². The van der Waals surface area contributed by atoms with Crippen LogP contribution in [0, 0.1) is 0 Å². The zero-order valence-electron chi connectivity index (χ0n) is 20.1. The van der Waals surface area contributed by atoms with Crippen molar-refractivity contribution in [1.29, 1.82) is 0 Å². The Morgan fingerprint density at radius 2 is 0.757 bits per heavy atom. The Labute approximate surface area is 225 Å². The van der Waals surface area contributed by atoms with Gasteiger partial charge >= 0.3 is 17.1 Å². The molecule has 37 heavy (non-hydrogen) atoms. The summed E-state index contributed by atoms with van der Waals surface area (Å²) >= 11 is 0. The van der Waals surface area contributed by atoms with Gasteiger partial charge in [-0.3, -0.25) is 0 Å². The second-order valence-electron chi connectivity index (χ2n) is 9.14. The van der Waals surface area contributed by atoms with Crippen molar-refractivity contribution >= 4 is 43.6 Å². The molecule has 0 aliphatic rings. The Bertz CT molecular complexity index is 1790. The van der Waals surface area contributed by atoms with Gasteiger partial charge in [0, 0.05) is 11.0 Å². The van der Waals surface area contributed by atoms with Gasteiger partial charge in [-0.2, -0.15) is 24.3 Å². The van der Waals surface area contributed by atoms with E-state index in [0.717, 1.165) is 0 Å². The topological polar surface area (TPSA) is 31.6 Å². The summed E-state index contributed by atoms with van der Waals surface area (Å²) in [6.45, 7) is 0. The van der Waals surface area contributed by atoms with E-state index in [1.165, 1.54) is 65.9 Å². The maximum absolute atomic E-state index is 3.53. The zero-order chi connectivity index (χ0) is 23.9. The average molecular weight is 516 g/mol. The molecule has 0 amide bonds. The Balaban J connectivity index is 0.000000133. The molecule has 2 nitrogen and oxygen atoms in total. The number of H-pyrrole nitrogens is 2. The fraction of sp³-hybridized carbons (Fsp3) is 0. The van der Waals surface area contributed by atoms with Gasteiger partial charge in [0.25, 0.3) is 0 Å². The molecule has 0 atom stereocenters. The number of aromatic nitrogens is 2. The van der Waals surface area contributed by atoms with Crippen molar-refractivity contribution in [3.8, 4) is 22.3 Å². The molecule has 0 fully saturated rings. The van der Waals surface area contributed by atoms with Gasteiger partial charge in [-0.05, 0) is 44.7 Å². The quantitative estimate of drug-likeness (QED) is 0.169. The van der Waals surface area contributed by atoms with Crippen LogP contribution < -0.4 is 0 Å². The molecule has 2 N–H and O–H groups in total. The number of para-hydroxylation sites is 4. The monoisotopic (exact) mass is 516 g/mol. The van der Waals surface area contributed by atoms with Crippen LogP contribution in [0.25, 0.3) is 65.9 Å². The third kappa shape index (κ3) is 3.99. The molecule has 0 bridgehead atoms. The summed E-state index contributed by atoms with van der Waals surface area (Å²) in [6, 6.07) is 46.8. The number of fused-ring (bicyclic) bond motifs is 6. The second kappa shape index (κ2) is 9.63. The minimum atomic E-state index is 0. The van der Waals surface area contributed by atoms with Gasteiger partial charge < -0.3 is 9.97 Å². The van der Waals surface area contributed by atoms with Crippen molar-refractivity contribution < 1.29 is 17.1 Å². The minimum Gasteiger partial charge on any atom is -0.386 e. The van der Waals surface area contributed by atoms with E-state index >= 15 is 0 Å². The summed E-state index contributed by atoms with van der Waals surface area (Å²) in [7, 11) is 0. The SMILES string of the molecule is [Fe+2].c1ccc2c(c1)[nH]c1c(-[c-]3cccc3)cccc12.c1ccc2c(c1)[nH]c1c(-[c-]3cccc3)cccc12. The van der Waals surface area contributed by atoms with Gasteiger partial charge in [0.1, 0.15) is 0 Å². The first-order valence-corrected chi connectivity index (χ1v) is 12.3. The third-order valence-corrected chi connectivity index (χ3v) is 7.03. The Hall–Kier alpha value is -4.30. The molecular formula is C34H24FeN2. The first-order chi connectivity index (χ1) is 17.9. The fourth-order valence-corrected chi connectivity index (χ4v) is 5.33. The molecule has 0 saturated carbocycles. The Kier molecular flexibility index (Phi) is 6.02. The number of benzene rings is 4. The predicted octanol–water partition coefficient (Wildman–Crippen LogP) is 9.41. The van der Waals surface area contributed by atoms with Crippen molar-refractivity contribution in [1.82, 2.24) is 9.97 Å². The molecule has 2 heterocycles. The summed E-state index contributed by atoms with van der Waals surface area (Å²) in [6.07, 6.45) is 0. The molecule has 178 valence electrons. The van der Waals surface area contributed by atoms with E-state index in [4.69, 9.17) is 0 Å². The number of hydrogen-bond acceptors (Lipinski definition) is 0. The van der Waals surface area contributed by atoms with Gasteiger partial charge in [0.05, 0.1) is 0 Å². The molecule has 0 aliphatic carbocycles. The molecule has 0 aliphatic heterocycles. The van der Waals surface area contributed by atoms with Crippen LogP contribution in [-0.4, -0.2) is 9.97 Å². The summed E-state index contributed by atoms with van der Waals surface area (Å²) < 4.78 is 0. The molecule has 6 aromatic carbocycles. The molecular weight excluding hydrogens is 492 g/mol. The molecule has 3 heteroatoms. The van der Waals surface area contributed by atoms with E-state index in [-0.39, 0.29) is 17.1 Å². The molecule has 0 spiro atoms. The molecule has 2 aromatic heterocycles. The molecule has 0 radical (unpaired) electrons. The zero-order valence-corrected chi connectivity index (χ0v) is 21.2. The van der Waals surface area contributed by atoms with Crippen LogP contribution >= 0.6 is 0 Å². The minimum absolute atomic E-state index is 0. The summed E-state index contributed by atoms with van der Waals surface area (Å²) in [5.74, 6) is 0. The summed E-state index contributed by atoms with van der Waals surface area (Å²) in [4.78, 5) is 7.07. The van der Waals surface area contributed by atoms with Crippen molar-refractivity contribution in [2.45, 2.75) is 0 Å². The predicted molar refractivity (Wildman–Crippen MR) is 154 cm³/mol. The molecule has 8 rings (SSSR count). The summed E-state index contributed by atoms with van der Waals surface area (Å²) in [5.41, 5.74) is 9.94. The van der Waals surface area contributed by atoms with Crippen LogP contribution in [0.2, 0.25) is 0 Å². The number of nitrogens with one attached hydrogen (secondary N) is 2. The number of hydrogen-bond donors (Lipinski definition) is 2. The standard InChI is InChI=1S/2C17H12N.Fe/c2*1-2-7-12(6-1)13-9-5-10-15-14-8-3-4-11-16(14)18-17(13)15;/h2*1-11,18H;/q2*-1;+2. The Morgan fingerprint density at radius 1 is 0.378 bits per heavy atom. The fourth-order valence-electron chi connectivity index (χ4n) is 5.33. The van der Waals surface area contributed by atoms with E-state index in [1.54, 1.807) is 0 Å². The second-order valence-corrected chi connectivity index (χ2v) is 9.14. The molecule has 8 aromatic rings. The number of aromatic amines is 2. The van der Waals surface area contributed by atoms with E-state index in [2.05, 4.69) is 143 Å². The average Bonchev–Trinajstić information content (AvgIpc) is 3.73. The van der Waals surface area contributed by atoms with Crippen molar-refractivity contribution in [2.24, 2.45) is 0 Å². The number of rotatable bonds is 2. The van der Waals surface area contributed by atoms with Crippen molar-refractivity contribution in [3.63, 3.8) is 0 Å². The van der Waals surface area contributed by atoms with E-state index in [1.807, 2.05) is 0 Å². The maximum Gasteiger partial charge on any atom is 2.00 e. The van der Waals surface area contributed by atoms with E-state index in [9.17, 15) is 0 Å². The van der Waals surface area contributed by atoms with Crippen LogP contribution in [0.15, 0.2) is 133 Å². The van der Waals surface area contributed by atoms with E-state index in [0.29, 0.717) is 0 Å². The van der Waals surface area contributed by atoms with E-state index < -0.39 is 0 Å². The molecule has 0 saturated heterocycles. The third-order valence-electron chi connectivity index (χ3n) is 7.03. The Morgan fingerprint density at radius 3 is 1.19 bits per heavy atom. The van der Waals surface area contributed by atoms with Gasteiger partial charge in [-0.25, -0.2) is 0 Å². The smallest absolute Gasteiger partial charge is 0.386 e. The summed E-state index contributed by atoms with van der Waals surface area (Å²) in [5, 5.41) is 5.18. The van der Waals surface area contributed by atoms with Gasteiger partial charge in [0.2, 0.25) is 0 Å². The normalized spacial score (nSPS) is 11.0. The van der Waals surface area contributed by atoms with Crippen LogP contribution in [0.3, 0.4) is 0 Å². The first-order valence-electron chi connectivity index (χ1n) is 12.3. The molecule has 0 unspecified atom stereocenters. The van der Waals surface area contributed by atoms with Crippen LogP contribution in [-0.2, 0) is 17.1 Å². The largest absolute Gasteiger partial charge is 2.00 e. The van der Waals surface area contributed by atoms with Crippen molar-refractivity contribution in [2.75, 3.05) is 0 Å². The first kappa shape index (κ1) is 23.1. The van der Waals surface area contributed by atoms with Crippen LogP contribution in [0.1, 0.15) is 0 Å². The van der Waals surface area contributed by atoms with Gasteiger partial charge in [0.15, 0.2) is 0 Å². The van der Waals surface area contributed by atoms with Gasteiger partial charge in [-0.1, -0.05) is 82.9 Å². The maximum atomic E-state index is 3.53. The van der Waals surface area contributed by atoms with Gasteiger partial charge in [-0.15, -0.1) is 36.4 Å². The van der Waals surface area contributed by atoms with Crippen molar-refractivity contribution in [3.05, 3.63) is 133 Å². The van der Waals surface area contributed by atoms with Crippen LogP contribution in [0.5, 0.6) is 0 Å².